The van der Waals surface area contributed by atoms with Crippen LogP contribution >= 0.6 is 23.2 Å². The molecule has 0 saturated carbocycles. The standard InChI is InChI=1S/C15H19Cl2NO4S/c1-10-12(16)2-3-13(14(10)17)23(20,21)18-6-11-4-5-22-9-15(11,7-18)8-19/h2-3,11,19H,4-9H2,1H3/t11-,15+/m0/s1. The third kappa shape index (κ3) is 2.79. The first-order valence-corrected chi connectivity index (χ1v) is 9.65. The molecule has 3 rings (SSSR count). The SMILES string of the molecule is Cc1c(Cl)ccc(S(=O)(=O)N2C[C@@H]3CCOC[C@]3(CO)C2)c1Cl. The minimum absolute atomic E-state index is 0.0636. The van der Waals surface area contributed by atoms with E-state index in [1.165, 1.54) is 10.4 Å². The van der Waals surface area contributed by atoms with Crippen LogP contribution in [0.3, 0.4) is 0 Å². The zero-order valence-electron chi connectivity index (χ0n) is 12.8. The Hall–Kier alpha value is -0.370. The zero-order chi connectivity index (χ0) is 16.8. The van der Waals surface area contributed by atoms with Gasteiger partial charge in [-0.3, -0.25) is 0 Å². The first kappa shape index (κ1) is 17.5. The van der Waals surface area contributed by atoms with E-state index in [4.69, 9.17) is 27.9 Å². The van der Waals surface area contributed by atoms with Gasteiger partial charge in [0.15, 0.2) is 0 Å². The molecule has 2 atom stereocenters. The largest absolute Gasteiger partial charge is 0.396 e. The van der Waals surface area contributed by atoms with Crippen molar-refractivity contribution in [3.63, 3.8) is 0 Å². The average Bonchev–Trinajstić information content (AvgIpc) is 2.93. The van der Waals surface area contributed by atoms with Crippen LogP contribution in [0, 0.1) is 18.3 Å². The van der Waals surface area contributed by atoms with Crippen molar-refractivity contribution in [2.75, 3.05) is 32.9 Å². The maximum absolute atomic E-state index is 13.0. The van der Waals surface area contributed by atoms with E-state index in [-0.39, 0.29) is 29.0 Å². The predicted octanol–water partition coefficient (Wildman–Crippen LogP) is 2.32. The molecule has 2 fully saturated rings. The van der Waals surface area contributed by atoms with Crippen LogP contribution in [0.25, 0.3) is 0 Å². The summed E-state index contributed by atoms with van der Waals surface area (Å²) in [5.74, 6) is 0.100. The monoisotopic (exact) mass is 379 g/mol. The molecule has 0 aliphatic carbocycles. The zero-order valence-corrected chi connectivity index (χ0v) is 15.1. The lowest BCUT2D eigenvalue weighted by atomic mass is 9.76. The highest BCUT2D eigenvalue weighted by atomic mass is 35.5. The minimum atomic E-state index is -3.74. The molecule has 8 heteroatoms. The summed E-state index contributed by atoms with van der Waals surface area (Å²) in [7, 11) is -3.74. The smallest absolute Gasteiger partial charge is 0.244 e. The van der Waals surface area contributed by atoms with Gasteiger partial charge in [-0.15, -0.1) is 0 Å². The van der Waals surface area contributed by atoms with Gasteiger partial charge in [-0.1, -0.05) is 23.2 Å². The molecular weight excluding hydrogens is 361 g/mol. The number of halogens is 2. The number of hydrogen-bond donors (Lipinski definition) is 1. The second-order valence-electron chi connectivity index (χ2n) is 6.34. The quantitative estimate of drug-likeness (QED) is 0.874. The summed E-state index contributed by atoms with van der Waals surface area (Å²) in [6.07, 6.45) is 0.750. The lowest BCUT2D eigenvalue weighted by Gasteiger charge is -2.36. The lowest BCUT2D eigenvalue weighted by Crippen LogP contribution is -2.43. The molecule has 1 aromatic rings. The summed E-state index contributed by atoms with van der Waals surface area (Å²) >= 11 is 12.2. The Labute approximate surface area is 146 Å². The molecule has 1 N–H and O–H groups in total. The van der Waals surface area contributed by atoms with Crippen molar-refractivity contribution < 1.29 is 18.3 Å². The summed E-state index contributed by atoms with van der Waals surface area (Å²) in [4.78, 5) is 0.0636. The molecule has 2 saturated heterocycles. The molecule has 2 heterocycles. The van der Waals surface area contributed by atoms with Crippen molar-refractivity contribution in [3.05, 3.63) is 27.7 Å². The van der Waals surface area contributed by atoms with E-state index in [0.717, 1.165) is 6.42 Å². The predicted molar refractivity (Wildman–Crippen MR) is 88.4 cm³/mol. The molecule has 128 valence electrons. The number of ether oxygens (including phenoxy) is 1. The van der Waals surface area contributed by atoms with Crippen molar-refractivity contribution in [1.29, 1.82) is 0 Å². The van der Waals surface area contributed by atoms with Gasteiger partial charge in [-0.2, -0.15) is 4.31 Å². The Bertz CT molecular complexity index is 724. The topological polar surface area (TPSA) is 66.8 Å². The van der Waals surface area contributed by atoms with Gasteiger partial charge in [0.2, 0.25) is 10.0 Å². The summed E-state index contributed by atoms with van der Waals surface area (Å²) < 4.78 is 32.9. The van der Waals surface area contributed by atoms with E-state index in [9.17, 15) is 13.5 Å². The molecule has 0 amide bonds. The second-order valence-corrected chi connectivity index (χ2v) is 9.03. The molecule has 1 aromatic carbocycles. The number of aliphatic hydroxyl groups excluding tert-OH is 1. The van der Waals surface area contributed by atoms with Crippen LogP contribution in [-0.2, 0) is 14.8 Å². The third-order valence-corrected chi connectivity index (χ3v) is 7.86. The first-order chi connectivity index (χ1) is 10.8. The molecular formula is C15H19Cl2NO4S. The fourth-order valence-corrected chi connectivity index (χ4v) is 5.79. The Morgan fingerprint density at radius 2 is 2.17 bits per heavy atom. The van der Waals surface area contributed by atoms with Crippen LogP contribution < -0.4 is 0 Å². The lowest BCUT2D eigenvalue weighted by molar-refractivity contribution is -0.0552. The summed E-state index contributed by atoms with van der Waals surface area (Å²) in [5.41, 5.74) is 0.0328. The maximum Gasteiger partial charge on any atom is 0.244 e. The Morgan fingerprint density at radius 3 is 2.83 bits per heavy atom. The molecule has 2 aliphatic heterocycles. The van der Waals surface area contributed by atoms with Crippen LogP contribution in [0.5, 0.6) is 0 Å². The van der Waals surface area contributed by atoms with Gasteiger partial charge in [0, 0.05) is 30.1 Å². The summed E-state index contributed by atoms with van der Waals surface area (Å²) in [5, 5.41) is 10.4. The highest BCUT2D eigenvalue weighted by Crippen LogP contribution is 2.44. The fourth-order valence-electron chi connectivity index (χ4n) is 3.43. The van der Waals surface area contributed by atoms with E-state index in [0.29, 0.717) is 30.3 Å². The number of aliphatic hydroxyl groups is 1. The minimum Gasteiger partial charge on any atom is -0.396 e. The Morgan fingerprint density at radius 1 is 1.43 bits per heavy atom. The molecule has 0 bridgehead atoms. The number of benzene rings is 1. The van der Waals surface area contributed by atoms with Crippen molar-refractivity contribution in [3.8, 4) is 0 Å². The number of hydrogen-bond acceptors (Lipinski definition) is 4. The average molecular weight is 380 g/mol. The molecule has 0 unspecified atom stereocenters. The third-order valence-electron chi connectivity index (χ3n) is 5.00. The Balaban J connectivity index is 1.97. The normalized spacial score (nSPS) is 28.8. The van der Waals surface area contributed by atoms with E-state index in [1.54, 1.807) is 13.0 Å². The van der Waals surface area contributed by atoms with Gasteiger partial charge in [0.05, 0.1) is 18.2 Å². The van der Waals surface area contributed by atoms with E-state index >= 15 is 0 Å². The molecule has 0 aromatic heterocycles. The fraction of sp³-hybridized carbons (Fsp3) is 0.600. The van der Waals surface area contributed by atoms with Crippen molar-refractivity contribution in [1.82, 2.24) is 4.31 Å². The highest BCUT2D eigenvalue weighted by molar-refractivity contribution is 7.89. The second kappa shape index (κ2) is 6.17. The van der Waals surface area contributed by atoms with Crippen molar-refractivity contribution in [2.45, 2.75) is 18.2 Å². The van der Waals surface area contributed by atoms with Gasteiger partial charge in [0.25, 0.3) is 0 Å². The maximum atomic E-state index is 13.0. The van der Waals surface area contributed by atoms with Gasteiger partial charge in [-0.05, 0) is 37.0 Å². The van der Waals surface area contributed by atoms with Crippen LogP contribution in [0.15, 0.2) is 17.0 Å². The Kier molecular flexibility index (Phi) is 4.68. The number of fused-ring (bicyclic) bond motifs is 1. The van der Waals surface area contributed by atoms with Crippen LogP contribution in [0.1, 0.15) is 12.0 Å². The molecule has 0 spiro atoms. The molecule has 0 radical (unpaired) electrons. The molecule has 2 aliphatic rings. The van der Waals surface area contributed by atoms with Gasteiger partial charge < -0.3 is 9.84 Å². The highest BCUT2D eigenvalue weighted by Gasteiger charge is 2.51. The molecule has 5 nitrogen and oxygen atoms in total. The summed E-state index contributed by atoms with van der Waals surface area (Å²) in [6, 6.07) is 2.99. The van der Waals surface area contributed by atoms with Gasteiger partial charge in [-0.25, -0.2) is 8.42 Å². The van der Waals surface area contributed by atoms with Gasteiger partial charge >= 0.3 is 0 Å². The number of rotatable bonds is 3. The van der Waals surface area contributed by atoms with Gasteiger partial charge in [0.1, 0.15) is 4.90 Å². The first-order valence-electron chi connectivity index (χ1n) is 7.45. The number of sulfonamides is 1. The van der Waals surface area contributed by atoms with Crippen LogP contribution in [-0.4, -0.2) is 50.7 Å². The summed E-state index contributed by atoms with van der Waals surface area (Å²) in [6.45, 7) is 3.21. The van der Waals surface area contributed by atoms with Crippen molar-refractivity contribution in [2.24, 2.45) is 11.3 Å². The van der Waals surface area contributed by atoms with E-state index < -0.39 is 15.4 Å². The van der Waals surface area contributed by atoms with Crippen LogP contribution in [0.2, 0.25) is 10.0 Å². The van der Waals surface area contributed by atoms with E-state index in [1.807, 2.05) is 0 Å². The van der Waals surface area contributed by atoms with Crippen LogP contribution in [0.4, 0.5) is 0 Å². The molecule has 23 heavy (non-hydrogen) atoms. The van der Waals surface area contributed by atoms with Crippen molar-refractivity contribution >= 4 is 33.2 Å². The number of nitrogens with zero attached hydrogens (tertiary/aromatic N) is 1. The van der Waals surface area contributed by atoms with E-state index in [2.05, 4.69) is 0 Å².